The fourth-order valence-electron chi connectivity index (χ4n) is 4.47. The van der Waals surface area contributed by atoms with Crippen LogP contribution in [0.5, 0.6) is 23.0 Å². The maximum absolute atomic E-state index is 13.1. The first-order valence-electron chi connectivity index (χ1n) is 11.4. The van der Waals surface area contributed by atoms with E-state index in [0.29, 0.717) is 28.7 Å². The van der Waals surface area contributed by atoms with Crippen LogP contribution in [0.4, 0.5) is 5.69 Å². The van der Waals surface area contributed by atoms with Crippen molar-refractivity contribution in [2.75, 3.05) is 40.0 Å². The minimum atomic E-state index is -0.328. The largest absolute Gasteiger partial charge is 0.495 e. The van der Waals surface area contributed by atoms with Gasteiger partial charge in [-0.3, -0.25) is 4.79 Å². The highest BCUT2D eigenvalue weighted by molar-refractivity contribution is 5.94. The molecule has 0 spiro atoms. The lowest BCUT2D eigenvalue weighted by Crippen LogP contribution is -2.44. The number of nitrogens with one attached hydrogen (secondary N) is 2. The van der Waals surface area contributed by atoms with Crippen LogP contribution in [0.2, 0.25) is 0 Å². The van der Waals surface area contributed by atoms with E-state index in [0.717, 1.165) is 30.5 Å². The van der Waals surface area contributed by atoms with Gasteiger partial charge in [0.15, 0.2) is 11.5 Å². The first-order chi connectivity index (χ1) is 16.5. The maximum Gasteiger partial charge on any atom is 0.231 e. The Morgan fingerprint density at radius 3 is 2.59 bits per heavy atom. The summed E-state index contributed by atoms with van der Waals surface area (Å²) >= 11 is 0. The molecule has 0 bridgehead atoms. The van der Waals surface area contributed by atoms with Gasteiger partial charge in [0, 0.05) is 13.2 Å². The number of amides is 1. The molecule has 8 heteroatoms. The van der Waals surface area contributed by atoms with Crippen molar-refractivity contribution in [2.45, 2.75) is 31.9 Å². The molecule has 1 fully saturated rings. The Labute approximate surface area is 200 Å². The normalized spacial score (nSPS) is 18.6. The van der Waals surface area contributed by atoms with E-state index >= 15 is 0 Å². The molecule has 0 aliphatic carbocycles. The molecule has 2 aromatic carbocycles. The van der Waals surface area contributed by atoms with E-state index in [9.17, 15) is 4.79 Å². The lowest BCUT2D eigenvalue weighted by atomic mass is 9.95. The number of carbonyl (C=O) groups is 1. The quantitative estimate of drug-likeness (QED) is 0.539. The number of ether oxygens (including phenoxy) is 5. The summed E-state index contributed by atoms with van der Waals surface area (Å²) in [5.41, 5.74) is 2.42. The van der Waals surface area contributed by atoms with E-state index < -0.39 is 0 Å². The minimum Gasteiger partial charge on any atom is -0.495 e. The van der Waals surface area contributed by atoms with Gasteiger partial charge in [0.1, 0.15) is 5.75 Å². The van der Waals surface area contributed by atoms with E-state index in [1.165, 1.54) is 0 Å². The van der Waals surface area contributed by atoms with E-state index in [4.69, 9.17) is 23.7 Å². The molecule has 0 aromatic heterocycles. The summed E-state index contributed by atoms with van der Waals surface area (Å²) in [6.07, 6.45) is 5.81. The van der Waals surface area contributed by atoms with Crippen molar-refractivity contribution in [1.29, 1.82) is 0 Å². The van der Waals surface area contributed by atoms with Gasteiger partial charge in [0.25, 0.3) is 0 Å². The number of hydrogen-bond acceptors (Lipinski definition) is 7. The van der Waals surface area contributed by atoms with Crippen molar-refractivity contribution < 1.29 is 28.5 Å². The molecular formula is C26H32N2O6. The molecule has 0 radical (unpaired) electrons. The molecule has 2 aliphatic heterocycles. The summed E-state index contributed by atoms with van der Waals surface area (Å²) in [7, 11) is 4.84. The van der Waals surface area contributed by atoms with E-state index in [2.05, 4.69) is 10.6 Å². The third-order valence-corrected chi connectivity index (χ3v) is 6.30. The molecule has 2 heterocycles. The van der Waals surface area contributed by atoms with Gasteiger partial charge in [-0.25, -0.2) is 0 Å². The van der Waals surface area contributed by atoms with E-state index in [1.54, 1.807) is 21.3 Å². The smallest absolute Gasteiger partial charge is 0.231 e. The molecular weight excluding hydrogens is 436 g/mol. The average molecular weight is 469 g/mol. The number of anilines is 1. The third kappa shape index (κ3) is 5.13. The molecule has 4 rings (SSSR count). The van der Waals surface area contributed by atoms with Crippen molar-refractivity contribution in [3.63, 3.8) is 0 Å². The van der Waals surface area contributed by atoms with Crippen LogP contribution in [0, 0.1) is 5.92 Å². The van der Waals surface area contributed by atoms with Crippen molar-refractivity contribution in [3.8, 4) is 23.0 Å². The molecule has 2 aliphatic rings. The Bertz CT molecular complexity index is 1050. The number of rotatable bonds is 9. The Morgan fingerprint density at radius 1 is 1.09 bits per heavy atom. The lowest BCUT2D eigenvalue weighted by Gasteiger charge is -2.27. The summed E-state index contributed by atoms with van der Waals surface area (Å²) in [5.74, 6) is 2.04. The van der Waals surface area contributed by atoms with Crippen LogP contribution >= 0.6 is 0 Å². The molecule has 1 saturated heterocycles. The van der Waals surface area contributed by atoms with Crippen LogP contribution in [0.15, 0.2) is 30.3 Å². The fraction of sp³-hybridized carbons (Fsp3) is 0.423. The standard InChI is InChI=1S/C26H32N2O6/c1-16(24(32-4)19-6-5-11-27-19)26(29)28-20-12-17(9-10-21(20)30-2)7-8-18-13-22(31-3)25-23(14-18)33-15-34-25/h7-10,12-14,16,19,24,27H,5-6,11,15H2,1-4H3,(H,28,29). The zero-order valence-corrected chi connectivity index (χ0v) is 20.1. The zero-order chi connectivity index (χ0) is 24.1. The van der Waals surface area contributed by atoms with Crippen LogP contribution < -0.4 is 29.6 Å². The molecule has 0 saturated carbocycles. The number of benzene rings is 2. The SMILES string of the molecule is COc1ccc(C=Cc2cc(OC)c3c(c2)OCO3)cc1NC(=O)C(C)C(OC)C1CCCN1. The third-order valence-electron chi connectivity index (χ3n) is 6.30. The fourth-order valence-corrected chi connectivity index (χ4v) is 4.47. The highest BCUT2D eigenvalue weighted by Crippen LogP contribution is 2.42. The number of methoxy groups -OCH3 is 3. The molecule has 3 unspecified atom stereocenters. The Balaban J connectivity index is 1.51. The van der Waals surface area contributed by atoms with Crippen LogP contribution in [0.25, 0.3) is 12.2 Å². The van der Waals surface area contributed by atoms with E-state index in [-0.39, 0.29) is 30.8 Å². The van der Waals surface area contributed by atoms with Crippen LogP contribution in [0.3, 0.4) is 0 Å². The molecule has 2 aromatic rings. The van der Waals surface area contributed by atoms with Gasteiger partial charge in [-0.15, -0.1) is 0 Å². The van der Waals surface area contributed by atoms with Gasteiger partial charge in [-0.05, 0) is 54.8 Å². The molecule has 2 N–H and O–H groups in total. The van der Waals surface area contributed by atoms with Gasteiger partial charge >= 0.3 is 0 Å². The Morgan fingerprint density at radius 2 is 1.88 bits per heavy atom. The lowest BCUT2D eigenvalue weighted by molar-refractivity contribution is -0.124. The minimum absolute atomic E-state index is 0.111. The predicted molar refractivity (Wildman–Crippen MR) is 131 cm³/mol. The monoisotopic (exact) mass is 468 g/mol. The second kappa shape index (κ2) is 10.8. The molecule has 8 nitrogen and oxygen atoms in total. The summed E-state index contributed by atoms with van der Waals surface area (Å²) in [5, 5.41) is 6.46. The van der Waals surface area contributed by atoms with Crippen molar-refractivity contribution in [2.24, 2.45) is 5.92 Å². The zero-order valence-electron chi connectivity index (χ0n) is 20.1. The summed E-state index contributed by atoms with van der Waals surface area (Å²) < 4.78 is 27.5. The summed E-state index contributed by atoms with van der Waals surface area (Å²) in [6.45, 7) is 3.03. The van der Waals surface area contributed by atoms with Gasteiger partial charge in [-0.2, -0.15) is 0 Å². The van der Waals surface area contributed by atoms with Gasteiger partial charge in [0.05, 0.1) is 31.9 Å². The van der Waals surface area contributed by atoms with Crippen molar-refractivity contribution >= 4 is 23.7 Å². The molecule has 34 heavy (non-hydrogen) atoms. The van der Waals surface area contributed by atoms with Gasteiger partial charge in [-0.1, -0.05) is 25.1 Å². The number of hydrogen-bond donors (Lipinski definition) is 2. The molecule has 1 amide bonds. The number of fused-ring (bicyclic) bond motifs is 1. The summed E-state index contributed by atoms with van der Waals surface area (Å²) in [6, 6.07) is 9.63. The molecule has 3 atom stereocenters. The molecule has 182 valence electrons. The summed E-state index contributed by atoms with van der Waals surface area (Å²) in [4.78, 5) is 13.1. The second-order valence-corrected chi connectivity index (χ2v) is 8.43. The van der Waals surface area contributed by atoms with Crippen molar-refractivity contribution in [3.05, 3.63) is 41.5 Å². The first-order valence-corrected chi connectivity index (χ1v) is 11.4. The topological polar surface area (TPSA) is 87.3 Å². The van der Waals surface area contributed by atoms with Gasteiger partial charge in [0.2, 0.25) is 18.4 Å². The van der Waals surface area contributed by atoms with Crippen LogP contribution in [0.1, 0.15) is 30.9 Å². The number of carbonyl (C=O) groups excluding carboxylic acids is 1. The Hall–Kier alpha value is -3.23. The highest BCUT2D eigenvalue weighted by atomic mass is 16.7. The van der Waals surface area contributed by atoms with Crippen LogP contribution in [-0.4, -0.2) is 52.7 Å². The maximum atomic E-state index is 13.1. The van der Waals surface area contributed by atoms with Gasteiger partial charge < -0.3 is 34.3 Å². The van der Waals surface area contributed by atoms with Crippen LogP contribution in [-0.2, 0) is 9.53 Å². The van der Waals surface area contributed by atoms with Crippen molar-refractivity contribution in [1.82, 2.24) is 5.32 Å². The highest BCUT2D eigenvalue weighted by Gasteiger charge is 2.33. The average Bonchev–Trinajstić information content (AvgIpc) is 3.55. The second-order valence-electron chi connectivity index (χ2n) is 8.43. The predicted octanol–water partition coefficient (Wildman–Crippen LogP) is 3.94. The first kappa shape index (κ1) is 23.9. The van der Waals surface area contributed by atoms with E-state index in [1.807, 2.05) is 49.4 Å². The Kier molecular flexibility index (Phi) is 7.59.